The first-order valence-electron chi connectivity index (χ1n) is 6.07. The maximum absolute atomic E-state index is 12.3. The zero-order chi connectivity index (χ0) is 13.7. The number of hydrogen-bond acceptors (Lipinski definition) is 3. The van der Waals surface area contributed by atoms with E-state index in [9.17, 15) is 4.79 Å². The molecule has 0 saturated heterocycles. The Morgan fingerprint density at radius 3 is 2.68 bits per heavy atom. The SMILES string of the molecule is CCC(Oc1cncc(Cl)c1)C(=O)c1ccccc1. The van der Waals surface area contributed by atoms with Crippen molar-refractivity contribution in [2.75, 3.05) is 0 Å². The summed E-state index contributed by atoms with van der Waals surface area (Å²) in [6.45, 7) is 1.91. The molecular formula is C15H14ClNO2. The van der Waals surface area contributed by atoms with E-state index in [2.05, 4.69) is 4.98 Å². The van der Waals surface area contributed by atoms with Crippen molar-refractivity contribution in [1.82, 2.24) is 4.98 Å². The van der Waals surface area contributed by atoms with E-state index in [0.717, 1.165) is 0 Å². The highest BCUT2D eigenvalue weighted by molar-refractivity contribution is 6.30. The Morgan fingerprint density at radius 1 is 1.32 bits per heavy atom. The third-order valence-electron chi connectivity index (χ3n) is 2.68. The van der Waals surface area contributed by atoms with Gasteiger partial charge in [-0.3, -0.25) is 9.78 Å². The quantitative estimate of drug-likeness (QED) is 0.780. The molecule has 98 valence electrons. The second-order valence-electron chi connectivity index (χ2n) is 4.08. The van der Waals surface area contributed by atoms with E-state index < -0.39 is 6.10 Å². The van der Waals surface area contributed by atoms with Crippen LogP contribution in [0.5, 0.6) is 5.75 Å². The molecule has 1 aromatic heterocycles. The fraction of sp³-hybridized carbons (Fsp3) is 0.200. The van der Waals surface area contributed by atoms with E-state index in [1.165, 1.54) is 6.20 Å². The molecule has 0 aliphatic heterocycles. The van der Waals surface area contributed by atoms with Crippen LogP contribution in [0.4, 0.5) is 0 Å². The Kier molecular flexibility index (Phi) is 4.53. The number of nitrogens with zero attached hydrogens (tertiary/aromatic N) is 1. The topological polar surface area (TPSA) is 39.2 Å². The number of pyridine rings is 1. The van der Waals surface area contributed by atoms with Crippen LogP contribution in [0.25, 0.3) is 0 Å². The molecule has 4 heteroatoms. The normalized spacial score (nSPS) is 11.9. The summed E-state index contributed by atoms with van der Waals surface area (Å²) >= 11 is 5.84. The van der Waals surface area contributed by atoms with Gasteiger partial charge >= 0.3 is 0 Å². The molecule has 0 amide bonds. The number of rotatable bonds is 5. The van der Waals surface area contributed by atoms with E-state index in [-0.39, 0.29) is 5.78 Å². The first-order chi connectivity index (χ1) is 9.20. The molecule has 1 heterocycles. The summed E-state index contributed by atoms with van der Waals surface area (Å²) < 4.78 is 5.66. The highest BCUT2D eigenvalue weighted by atomic mass is 35.5. The Bertz CT molecular complexity index is 557. The van der Waals surface area contributed by atoms with Gasteiger partial charge in [0.2, 0.25) is 5.78 Å². The van der Waals surface area contributed by atoms with Crippen LogP contribution in [-0.2, 0) is 0 Å². The minimum Gasteiger partial charge on any atom is -0.481 e. The van der Waals surface area contributed by atoms with E-state index in [0.29, 0.717) is 22.8 Å². The summed E-state index contributed by atoms with van der Waals surface area (Å²) in [4.78, 5) is 16.2. The molecule has 19 heavy (non-hydrogen) atoms. The van der Waals surface area contributed by atoms with Gasteiger partial charge in [0.25, 0.3) is 0 Å². The summed E-state index contributed by atoms with van der Waals surface area (Å²) in [5.41, 5.74) is 0.643. The Hall–Kier alpha value is -1.87. The number of benzene rings is 1. The fourth-order valence-electron chi connectivity index (χ4n) is 1.73. The zero-order valence-corrected chi connectivity index (χ0v) is 11.3. The molecule has 0 aliphatic carbocycles. The van der Waals surface area contributed by atoms with Crippen molar-refractivity contribution in [3.05, 3.63) is 59.4 Å². The van der Waals surface area contributed by atoms with Crippen molar-refractivity contribution < 1.29 is 9.53 Å². The molecule has 2 rings (SSSR count). The average Bonchev–Trinajstić information content (AvgIpc) is 2.45. The second-order valence-corrected chi connectivity index (χ2v) is 4.52. The van der Waals surface area contributed by atoms with Crippen molar-refractivity contribution in [2.24, 2.45) is 0 Å². The minimum absolute atomic E-state index is 0.0388. The molecular weight excluding hydrogens is 262 g/mol. The molecule has 0 bridgehead atoms. The number of hydrogen-bond donors (Lipinski definition) is 0. The molecule has 0 spiro atoms. The number of ketones is 1. The molecule has 0 radical (unpaired) electrons. The zero-order valence-electron chi connectivity index (χ0n) is 10.5. The monoisotopic (exact) mass is 275 g/mol. The number of ether oxygens (including phenoxy) is 1. The smallest absolute Gasteiger partial charge is 0.203 e. The fourth-order valence-corrected chi connectivity index (χ4v) is 1.90. The molecule has 0 fully saturated rings. The molecule has 1 unspecified atom stereocenters. The molecule has 2 aromatic rings. The van der Waals surface area contributed by atoms with Gasteiger partial charge < -0.3 is 4.74 Å². The van der Waals surface area contributed by atoms with Crippen molar-refractivity contribution in [3.8, 4) is 5.75 Å². The molecule has 0 aliphatic rings. The van der Waals surface area contributed by atoms with Crippen LogP contribution in [-0.4, -0.2) is 16.9 Å². The Balaban J connectivity index is 2.15. The predicted molar refractivity (Wildman–Crippen MR) is 74.7 cm³/mol. The van der Waals surface area contributed by atoms with Crippen LogP contribution in [0.2, 0.25) is 5.02 Å². The third kappa shape index (κ3) is 3.55. The number of carbonyl (C=O) groups is 1. The third-order valence-corrected chi connectivity index (χ3v) is 2.89. The maximum atomic E-state index is 12.3. The maximum Gasteiger partial charge on any atom is 0.203 e. The molecule has 0 N–H and O–H groups in total. The predicted octanol–water partition coefficient (Wildman–Crippen LogP) is 3.78. The van der Waals surface area contributed by atoms with Gasteiger partial charge in [-0.25, -0.2) is 0 Å². The highest BCUT2D eigenvalue weighted by Gasteiger charge is 2.20. The summed E-state index contributed by atoms with van der Waals surface area (Å²) in [5.74, 6) is 0.465. The van der Waals surface area contributed by atoms with Crippen LogP contribution in [0.3, 0.4) is 0 Å². The molecule has 3 nitrogen and oxygen atoms in total. The molecule has 0 saturated carbocycles. The number of Topliss-reactive ketones (excluding diaryl/α,β-unsaturated/α-hetero) is 1. The first kappa shape index (κ1) is 13.6. The van der Waals surface area contributed by atoms with E-state index in [4.69, 9.17) is 16.3 Å². The van der Waals surface area contributed by atoms with Crippen LogP contribution in [0.15, 0.2) is 48.8 Å². The van der Waals surface area contributed by atoms with Gasteiger partial charge in [0.05, 0.1) is 11.2 Å². The van der Waals surface area contributed by atoms with Crippen molar-refractivity contribution >= 4 is 17.4 Å². The number of halogens is 1. The van der Waals surface area contributed by atoms with Gasteiger partial charge in [-0.05, 0) is 6.42 Å². The first-order valence-corrected chi connectivity index (χ1v) is 6.45. The Morgan fingerprint density at radius 2 is 2.05 bits per heavy atom. The van der Waals surface area contributed by atoms with Crippen LogP contribution < -0.4 is 4.74 Å². The van der Waals surface area contributed by atoms with E-state index in [1.54, 1.807) is 24.4 Å². The molecule has 1 aromatic carbocycles. The lowest BCUT2D eigenvalue weighted by molar-refractivity contribution is 0.0786. The Labute approximate surface area is 117 Å². The lowest BCUT2D eigenvalue weighted by atomic mass is 10.0. The van der Waals surface area contributed by atoms with Crippen molar-refractivity contribution in [1.29, 1.82) is 0 Å². The van der Waals surface area contributed by atoms with E-state index >= 15 is 0 Å². The van der Waals surface area contributed by atoms with Crippen LogP contribution in [0.1, 0.15) is 23.7 Å². The summed E-state index contributed by atoms with van der Waals surface area (Å²) in [6.07, 6.45) is 3.13. The molecule has 1 atom stereocenters. The number of aromatic nitrogens is 1. The lowest BCUT2D eigenvalue weighted by Gasteiger charge is -2.16. The largest absolute Gasteiger partial charge is 0.481 e. The van der Waals surface area contributed by atoms with Crippen LogP contribution >= 0.6 is 11.6 Å². The highest BCUT2D eigenvalue weighted by Crippen LogP contribution is 2.19. The standard InChI is InChI=1S/C15H14ClNO2/c1-2-14(15(18)11-6-4-3-5-7-11)19-13-8-12(16)9-17-10-13/h3-10,14H,2H2,1H3. The van der Waals surface area contributed by atoms with Crippen molar-refractivity contribution in [2.45, 2.75) is 19.4 Å². The van der Waals surface area contributed by atoms with Gasteiger partial charge in [0.15, 0.2) is 6.10 Å². The summed E-state index contributed by atoms with van der Waals surface area (Å²) in [5, 5.41) is 0.486. The van der Waals surface area contributed by atoms with Crippen molar-refractivity contribution in [3.63, 3.8) is 0 Å². The number of carbonyl (C=O) groups excluding carboxylic acids is 1. The van der Waals surface area contributed by atoms with Gasteiger partial charge in [-0.2, -0.15) is 0 Å². The lowest BCUT2D eigenvalue weighted by Crippen LogP contribution is -2.26. The van der Waals surface area contributed by atoms with Gasteiger partial charge in [-0.1, -0.05) is 48.9 Å². The van der Waals surface area contributed by atoms with Gasteiger partial charge in [0, 0.05) is 17.8 Å². The second kappa shape index (κ2) is 6.34. The average molecular weight is 276 g/mol. The summed E-state index contributed by atoms with van der Waals surface area (Å²) in [7, 11) is 0. The minimum atomic E-state index is -0.525. The van der Waals surface area contributed by atoms with Gasteiger partial charge in [-0.15, -0.1) is 0 Å². The van der Waals surface area contributed by atoms with Crippen LogP contribution in [0, 0.1) is 0 Å². The van der Waals surface area contributed by atoms with Gasteiger partial charge in [0.1, 0.15) is 5.75 Å². The summed E-state index contributed by atoms with van der Waals surface area (Å²) in [6, 6.07) is 10.8. The van der Waals surface area contributed by atoms with E-state index in [1.807, 2.05) is 25.1 Å².